The number of halogens is 1. The Kier molecular flexibility index (Phi) is 5.11. The van der Waals surface area contributed by atoms with E-state index in [1.165, 1.54) is 20.0 Å². The molecule has 26 heavy (non-hydrogen) atoms. The molecule has 0 atom stereocenters. The number of carbonyl (C=O) groups excluding carboxylic acids is 2. The summed E-state index contributed by atoms with van der Waals surface area (Å²) in [6.07, 6.45) is 1.26. The van der Waals surface area contributed by atoms with E-state index in [1.54, 1.807) is 0 Å². The third-order valence-corrected chi connectivity index (χ3v) is 4.62. The molecule has 0 radical (unpaired) electrons. The van der Waals surface area contributed by atoms with Crippen molar-refractivity contribution < 1.29 is 19.1 Å². The molecule has 1 aromatic carbocycles. The molecule has 7 nitrogen and oxygen atoms in total. The highest BCUT2D eigenvalue weighted by molar-refractivity contribution is 6.33. The minimum atomic E-state index is -1.26. The van der Waals surface area contributed by atoms with E-state index in [0.717, 1.165) is 31.9 Å². The maximum Gasteiger partial charge on any atom is 0.350 e. The molecular weight excluding hydrogens is 358 g/mol. The van der Waals surface area contributed by atoms with Crippen molar-refractivity contribution in [3.8, 4) is 0 Å². The van der Waals surface area contributed by atoms with E-state index in [-0.39, 0.29) is 5.57 Å². The fraction of sp³-hybridized carbons (Fsp3) is 0.444. The van der Waals surface area contributed by atoms with Gasteiger partial charge in [-0.1, -0.05) is 11.6 Å². The molecular formula is C18H22ClN3O4. The van der Waals surface area contributed by atoms with Crippen LogP contribution in [0, 0.1) is 0 Å². The number of rotatable bonds is 3. The van der Waals surface area contributed by atoms with Crippen molar-refractivity contribution >= 4 is 34.9 Å². The Hall–Kier alpha value is -2.25. The number of benzene rings is 1. The van der Waals surface area contributed by atoms with E-state index >= 15 is 0 Å². The predicted molar refractivity (Wildman–Crippen MR) is 99.1 cm³/mol. The van der Waals surface area contributed by atoms with E-state index < -0.39 is 17.7 Å². The molecule has 2 aliphatic rings. The van der Waals surface area contributed by atoms with Gasteiger partial charge in [-0.15, -0.1) is 0 Å². The van der Waals surface area contributed by atoms with Crippen LogP contribution >= 0.6 is 11.6 Å². The molecule has 2 aliphatic heterocycles. The zero-order valence-corrected chi connectivity index (χ0v) is 15.8. The van der Waals surface area contributed by atoms with Crippen LogP contribution in [0.2, 0.25) is 5.02 Å². The van der Waals surface area contributed by atoms with Gasteiger partial charge in [0.25, 0.3) is 5.79 Å². The molecule has 0 aliphatic carbocycles. The highest BCUT2D eigenvalue weighted by atomic mass is 35.5. The summed E-state index contributed by atoms with van der Waals surface area (Å²) in [6.45, 7) is 6.89. The number of hydrogen-bond donors (Lipinski definition) is 1. The number of nitrogens with one attached hydrogen (secondary N) is 1. The first-order valence-corrected chi connectivity index (χ1v) is 8.79. The molecule has 3 rings (SSSR count). The lowest BCUT2D eigenvalue weighted by atomic mass is 10.2. The van der Waals surface area contributed by atoms with Gasteiger partial charge in [0.1, 0.15) is 0 Å². The lowest BCUT2D eigenvalue weighted by Crippen LogP contribution is -2.44. The maximum atomic E-state index is 11.9. The van der Waals surface area contributed by atoms with E-state index in [0.29, 0.717) is 10.7 Å². The Labute approximate surface area is 157 Å². The smallest absolute Gasteiger partial charge is 0.350 e. The van der Waals surface area contributed by atoms with Crippen molar-refractivity contribution in [1.82, 2.24) is 4.90 Å². The quantitative estimate of drug-likeness (QED) is 0.490. The van der Waals surface area contributed by atoms with Crippen molar-refractivity contribution in [3.63, 3.8) is 0 Å². The van der Waals surface area contributed by atoms with Crippen LogP contribution in [0.3, 0.4) is 0 Å². The molecule has 2 fully saturated rings. The van der Waals surface area contributed by atoms with Crippen LogP contribution in [0.15, 0.2) is 30.0 Å². The minimum Gasteiger partial charge on any atom is -0.419 e. The molecule has 0 saturated carbocycles. The van der Waals surface area contributed by atoms with E-state index in [1.807, 2.05) is 18.2 Å². The van der Waals surface area contributed by atoms with E-state index in [4.69, 9.17) is 21.1 Å². The molecule has 1 N–H and O–H groups in total. The second-order valence-electron chi connectivity index (χ2n) is 6.84. The zero-order valence-electron chi connectivity index (χ0n) is 15.0. The van der Waals surface area contributed by atoms with Crippen LogP contribution in [0.4, 0.5) is 11.4 Å². The molecule has 0 bridgehead atoms. The molecule has 0 spiro atoms. The number of piperazine rings is 1. The Bertz CT molecular complexity index is 733. The van der Waals surface area contributed by atoms with Crippen molar-refractivity contribution in [2.45, 2.75) is 19.6 Å². The number of cyclic esters (lactones) is 2. The number of nitrogens with zero attached hydrogens (tertiary/aromatic N) is 2. The summed E-state index contributed by atoms with van der Waals surface area (Å²) in [4.78, 5) is 28.4. The summed E-state index contributed by atoms with van der Waals surface area (Å²) in [6, 6.07) is 5.64. The summed E-state index contributed by atoms with van der Waals surface area (Å²) < 4.78 is 10.1. The average Bonchev–Trinajstić information content (AvgIpc) is 2.55. The highest BCUT2D eigenvalue weighted by Gasteiger charge is 2.38. The van der Waals surface area contributed by atoms with Crippen LogP contribution in [-0.4, -0.2) is 55.9 Å². The fourth-order valence-corrected chi connectivity index (χ4v) is 3.04. The molecule has 0 aromatic heterocycles. The number of carbonyl (C=O) groups is 2. The first kappa shape index (κ1) is 18.5. The summed E-state index contributed by atoms with van der Waals surface area (Å²) in [5, 5.41) is 3.38. The lowest BCUT2D eigenvalue weighted by Gasteiger charge is -2.34. The third kappa shape index (κ3) is 4.11. The van der Waals surface area contributed by atoms with Crippen LogP contribution in [-0.2, 0) is 19.1 Å². The number of ether oxygens (including phenoxy) is 2. The Morgan fingerprint density at radius 1 is 1.12 bits per heavy atom. The van der Waals surface area contributed by atoms with E-state index in [2.05, 4.69) is 22.2 Å². The molecule has 8 heteroatoms. The summed E-state index contributed by atoms with van der Waals surface area (Å²) in [7, 11) is 2.10. The Morgan fingerprint density at radius 3 is 2.31 bits per heavy atom. The highest BCUT2D eigenvalue weighted by Crippen LogP contribution is 2.29. The predicted octanol–water partition coefficient (Wildman–Crippen LogP) is 2.22. The molecule has 0 amide bonds. The number of hydrogen-bond acceptors (Lipinski definition) is 7. The largest absolute Gasteiger partial charge is 0.419 e. The third-order valence-electron chi connectivity index (χ3n) is 4.31. The molecule has 2 heterocycles. The maximum absolute atomic E-state index is 11.9. The fourth-order valence-electron chi connectivity index (χ4n) is 2.81. The normalized spacial score (nSPS) is 20.5. The summed E-state index contributed by atoms with van der Waals surface area (Å²) >= 11 is 6.35. The first-order valence-electron chi connectivity index (χ1n) is 8.41. The monoisotopic (exact) mass is 379 g/mol. The molecule has 0 unspecified atom stereocenters. The van der Waals surface area contributed by atoms with Crippen molar-refractivity contribution in [2.24, 2.45) is 0 Å². The van der Waals surface area contributed by atoms with Crippen LogP contribution < -0.4 is 10.2 Å². The van der Waals surface area contributed by atoms with Crippen molar-refractivity contribution in [3.05, 3.63) is 35.0 Å². The molecule has 2 saturated heterocycles. The van der Waals surface area contributed by atoms with Gasteiger partial charge in [0.15, 0.2) is 5.57 Å². The van der Waals surface area contributed by atoms with Gasteiger partial charge in [-0.05, 0) is 25.2 Å². The first-order chi connectivity index (χ1) is 12.2. The number of esters is 2. The van der Waals surface area contributed by atoms with Gasteiger partial charge in [0, 0.05) is 51.9 Å². The van der Waals surface area contributed by atoms with Gasteiger partial charge < -0.3 is 24.6 Å². The average molecular weight is 380 g/mol. The van der Waals surface area contributed by atoms with Crippen LogP contribution in [0.5, 0.6) is 0 Å². The van der Waals surface area contributed by atoms with Gasteiger partial charge >= 0.3 is 11.9 Å². The minimum absolute atomic E-state index is 0.205. The van der Waals surface area contributed by atoms with Gasteiger partial charge in [-0.2, -0.15) is 0 Å². The van der Waals surface area contributed by atoms with Crippen LogP contribution in [0.1, 0.15) is 13.8 Å². The second kappa shape index (κ2) is 7.17. The Morgan fingerprint density at radius 2 is 1.73 bits per heavy atom. The topological polar surface area (TPSA) is 71.1 Å². The van der Waals surface area contributed by atoms with Gasteiger partial charge in [0.05, 0.1) is 10.7 Å². The molecule has 140 valence electrons. The van der Waals surface area contributed by atoms with Crippen molar-refractivity contribution in [1.29, 1.82) is 0 Å². The van der Waals surface area contributed by atoms with Gasteiger partial charge in [-0.3, -0.25) is 0 Å². The number of likely N-dealkylation sites (N-methyl/N-ethyl adjacent to an activating group) is 1. The lowest BCUT2D eigenvalue weighted by molar-refractivity contribution is -0.222. The molecule has 1 aromatic rings. The van der Waals surface area contributed by atoms with Crippen molar-refractivity contribution in [2.75, 3.05) is 43.4 Å². The van der Waals surface area contributed by atoms with Gasteiger partial charge in [-0.25, -0.2) is 9.59 Å². The standard InChI is InChI=1S/C18H22ClN3O4/c1-18(2)25-16(23)13(17(24)26-18)11-20-15-5-4-12(10-14(15)19)22-8-6-21(3)7-9-22/h4-5,10-11,20H,6-9H2,1-3H3. The number of anilines is 2. The summed E-state index contributed by atoms with van der Waals surface area (Å²) in [5.74, 6) is -2.72. The van der Waals surface area contributed by atoms with Gasteiger partial charge in [0.2, 0.25) is 0 Å². The Balaban J connectivity index is 1.71. The summed E-state index contributed by atoms with van der Waals surface area (Å²) in [5.41, 5.74) is 1.42. The SMILES string of the molecule is CN1CCN(c2ccc(NC=C3C(=O)OC(C)(C)OC3=O)c(Cl)c2)CC1. The van der Waals surface area contributed by atoms with E-state index in [9.17, 15) is 9.59 Å². The zero-order chi connectivity index (χ0) is 18.9. The second-order valence-corrected chi connectivity index (χ2v) is 7.24. The van der Waals surface area contributed by atoms with Crippen LogP contribution in [0.25, 0.3) is 0 Å².